The first-order valence-corrected chi connectivity index (χ1v) is 9.72. The van der Waals surface area contributed by atoms with Gasteiger partial charge in [0.05, 0.1) is 11.1 Å². The third-order valence-corrected chi connectivity index (χ3v) is 5.46. The number of aliphatic hydroxyl groups excluding tert-OH is 1. The summed E-state index contributed by atoms with van der Waals surface area (Å²) in [6.45, 7) is 1.70. The van der Waals surface area contributed by atoms with Crippen LogP contribution in [-0.2, 0) is 0 Å². The lowest BCUT2D eigenvalue weighted by atomic mass is 9.73. The number of allylic oxidation sites excluding steroid dienone is 2. The van der Waals surface area contributed by atoms with Crippen molar-refractivity contribution >= 4 is 22.5 Å². The predicted octanol–water partition coefficient (Wildman–Crippen LogP) is 3.78. The van der Waals surface area contributed by atoms with Crippen LogP contribution in [0.1, 0.15) is 27.6 Å². The Labute approximate surface area is 174 Å². The molecule has 0 spiro atoms. The van der Waals surface area contributed by atoms with Crippen molar-refractivity contribution in [1.29, 1.82) is 0 Å². The number of hydrogen-bond acceptors (Lipinski definition) is 4. The fraction of sp³-hybridized carbons (Fsp3) is 0.120. The van der Waals surface area contributed by atoms with Gasteiger partial charge in [-0.2, -0.15) is 0 Å². The highest BCUT2D eigenvalue weighted by molar-refractivity contribution is 6.11. The number of nitrogens with one attached hydrogen (secondary N) is 2. The summed E-state index contributed by atoms with van der Waals surface area (Å²) in [5.74, 6) is -0.523. The smallest absolute Gasteiger partial charge is 0.269 e. The normalized spacial score (nSPS) is 20.5. The zero-order valence-corrected chi connectivity index (χ0v) is 16.5. The second-order valence-corrected chi connectivity index (χ2v) is 7.47. The van der Waals surface area contributed by atoms with Crippen LogP contribution >= 0.6 is 0 Å². The molecule has 5 heteroatoms. The second-order valence-electron chi connectivity index (χ2n) is 7.47. The van der Waals surface area contributed by atoms with E-state index >= 15 is 0 Å². The molecule has 2 unspecified atom stereocenters. The van der Waals surface area contributed by atoms with Crippen LogP contribution in [0.3, 0.4) is 0 Å². The third-order valence-electron chi connectivity index (χ3n) is 5.46. The van der Waals surface area contributed by atoms with Gasteiger partial charge in [0, 0.05) is 11.1 Å². The molecule has 4 rings (SSSR count). The fourth-order valence-electron chi connectivity index (χ4n) is 3.67. The van der Waals surface area contributed by atoms with E-state index in [-0.39, 0.29) is 11.7 Å². The van der Waals surface area contributed by atoms with Crippen LogP contribution in [-0.4, -0.2) is 22.9 Å². The van der Waals surface area contributed by atoms with Gasteiger partial charge in [-0.3, -0.25) is 20.4 Å². The molecule has 5 nitrogen and oxygen atoms in total. The number of Topliss-reactive ketones (excluding diaryl/α,β-unsaturated/α-hetero) is 1. The van der Waals surface area contributed by atoms with E-state index in [0.717, 1.165) is 10.8 Å². The Bertz CT molecular complexity index is 1160. The molecule has 1 aliphatic carbocycles. The van der Waals surface area contributed by atoms with E-state index in [4.69, 9.17) is 0 Å². The summed E-state index contributed by atoms with van der Waals surface area (Å²) in [6.07, 6.45) is 3.91. The molecule has 3 N–H and O–H groups in total. The first-order chi connectivity index (χ1) is 14.5. The lowest BCUT2D eigenvalue weighted by Crippen LogP contribution is -2.48. The lowest BCUT2D eigenvalue weighted by molar-refractivity contribution is 0.0586. The highest BCUT2D eigenvalue weighted by Crippen LogP contribution is 2.36. The molecule has 0 aromatic heterocycles. The minimum atomic E-state index is -1.18. The zero-order valence-electron chi connectivity index (χ0n) is 16.5. The molecule has 1 amide bonds. The number of amides is 1. The van der Waals surface area contributed by atoms with Gasteiger partial charge in [0.2, 0.25) is 0 Å². The van der Waals surface area contributed by atoms with E-state index < -0.39 is 11.5 Å². The third kappa shape index (κ3) is 3.51. The Kier molecular flexibility index (Phi) is 5.21. The number of aliphatic hydroxyl groups is 1. The van der Waals surface area contributed by atoms with Gasteiger partial charge in [0.15, 0.2) is 5.78 Å². The van der Waals surface area contributed by atoms with Gasteiger partial charge in [0.25, 0.3) is 5.91 Å². The predicted molar refractivity (Wildman–Crippen MR) is 117 cm³/mol. The van der Waals surface area contributed by atoms with Gasteiger partial charge in [-0.25, -0.2) is 0 Å². The maximum Gasteiger partial charge on any atom is 0.269 e. The highest BCUT2D eigenvalue weighted by atomic mass is 16.3. The van der Waals surface area contributed by atoms with Gasteiger partial charge in [-0.05, 0) is 35.9 Å². The number of fused-ring (bicyclic) bond motifs is 1. The van der Waals surface area contributed by atoms with E-state index in [2.05, 4.69) is 10.9 Å². The Morgan fingerprint density at radius 3 is 2.43 bits per heavy atom. The molecule has 3 aromatic rings. The summed E-state index contributed by atoms with van der Waals surface area (Å²) in [6, 6.07) is 22.0. The Morgan fingerprint density at radius 1 is 0.933 bits per heavy atom. The quantitative estimate of drug-likeness (QED) is 0.452. The van der Waals surface area contributed by atoms with Crippen molar-refractivity contribution in [2.24, 2.45) is 5.41 Å². The molecule has 0 radical (unpaired) electrons. The first kappa shape index (κ1) is 19.6. The van der Waals surface area contributed by atoms with Gasteiger partial charge in [-0.1, -0.05) is 72.8 Å². The Hall–Kier alpha value is -3.70. The van der Waals surface area contributed by atoms with E-state index in [9.17, 15) is 14.7 Å². The van der Waals surface area contributed by atoms with Gasteiger partial charge in [0.1, 0.15) is 6.10 Å². The maximum absolute atomic E-state index is 13.5. The molecule has 1 aliphatic rings. The zero-order chi connectivity index (χ0) is 21.1. The molecule has 0 saturated carbocycles. The number of rotatable bonds is 5. The largest absolute Gasteiger partial charge is 0.385 e. The number of carbonyl (C=O) groups is 2. The van der Waals surface area contributed by atoms with E-state index in [0.29, 0.717) is 16.8 Å². The molecule has 0 aliphatic heterocycles. The van der Waals surface area contributed by atoms with Crippen LogP contribution in [0.15, 0.2) is 96.7 Å². The summed E-state index contributed by atoms with van der Waals surface area (Å²) in [7, 11) is 0. The molecule has 0 heterocycles. The van der Waals surface area contributed by atoms with Crippen molar-refractivity contribution in [3.05, 3.63) is 108 Å². The second kappa shape index (κ2) is 7.97. The standard InChI is InChI=1S/C25H22N2O3/c1-25(22(28)20-14-7-12-17-9-5-6-13-19(17)20)16-8-15-21(23(25)29)26-27-24(30)18-10-3-2-4-11-18/h2-16,23,26,29H,1H3,(H,27,30). The molecule has 2 atom stereocenters. The van der Waals surface area contributed by atoms with E-state index in [1.165, 1.54) is 0 Å². The molecular formula is C25H22N2O3. The number of benzene rings is 3. The molecule has 150 valence electrons. The van der Waals surface area contributed by atoms with Crippen LogP contribution in [0, 0.1) is 5.41 Å². The molecule has 30 heavy (non-hydrogen) atoms. The van der Waals surface area contributed by atoms with Crippen LogP contribution in [0.4, 0.5) is 0 Å². The van der Waals surface area contributed by atoms with Gasteiger partial charge < -0.3 is 5.11 Å². The minimum Gasteiger partial charge on any atom is -0.385 e. The number of carbonyl (C=O) groups excluding carboxylic acids is 2. The average Bonchev–Trinajstić information content (AvgIpc) is 2.79. The molecule has 0 saturated heterocycles. The number of ketones is 1. The number of hydrogen-bond donors (Lipinski definition) is 3. The first-order valence-electron chi connectivity index (χ1n) is 9.72. The Morgan fingerprint density at radius 2 is 1.63 bits per heavy atom. The Balaban J connectivity index is 1.56. The summed E-state index contributed by atoms with van der Waals surface area (Å²) in [5, 5.41) is 12.8. The summed E-state index contributed by atoms with van der Waals surface area (Å²) < 4.78 is 0. The van der Waals surface area contributed by atoms with Crippen LogP contribution < -0.4 is 10.9 Å². The van der Waals surface area contributed by atoms with Crippen molar-refractivity contribution in [2.45, 2.75) is 13.0 Å². The summed E-state index contributed by atoms with van der Waals surface area (Å²) >= 11 is 0. The lowest BCUT2D eigenvalue weighted by Gasteiger charge is -2.34. The SMILES string of the molecule is CC1(C(=O)c2cccc3ccccc23)C=CC=C(NNC(=O)c2ccccc2)C1O. The van der Waals surface area contributed by atoms with Crippen LogP contribution in [0.25, 0.3) is 10.8 Å². The highest BCUT2D eigenvalue weighted by Gasteiger charge is 2.42. The minimum absolute atomic E-state index is 0.190. The topological polar surface area (TPSA) is 78.4 Å². The van der Waals surface area contributed by atoms with Crippen LogP contribution in [0.2, 0.25) is 0 Å². The molecule has 0 bridgehead atoms. The van der Waals surface area contributed by atoms with Crippen molar-refractivity contribution in [1.82, 2.24) is 10.9 Å². The van der Waals surface area contributed by atoms with Crippen molar-refractivity contribution in [3.8, 4) is 0 Å². The van der Waals surface area contributed by atoms with E-state index in [1.807, 2.05) is 42.5 Å². The summed E-state index contributed by atoms with van der Waals surface area (Å²) in [4.78, 5) is 25.8. The van der Waals surface area contributed by atoms with Crippen molar-refractivity contribution in [2.75, 3.05) is 0 Å². The monoisotopic (exact) mass is 398 g/mol. The van der Waals surface area contributed by atoms with Crippen molar-refractivity contribution in [3.63, 3.8) is 0 Å². The summed E-state index contributed by atoms with van der Waals surface area (Å²) in [5.41, 5.74) is 5.56. The van der Waals surface area contributed by atoms with Gasteiger partial charge in [-0.15, -0.1) is 0 Å². The maximum atomic E-state index is 13.5. The molecule has 0 fully saturated rings. The van der Waals surface area contributed by atoms with Gasteiger partial charge >= 0.3 is 0 Å². The van der Waals surface area contributed by atoms with E-state index in [1.54, 1.807) is 55.5 Å². The van der Waals surface area contributed by atoms with Crippen LogP contribution in [0.5, 0.6) is 0 Å². The fourth-order valence-corrected chi connectivity index (χ4v) is 3.67. The molecule has 3 aromatic carbocycles. The van der Waals surface area contributed by atoms with Crippen molar-refractivity contribution < 1.29 is 14.7 Å². The molecular weight excluding hydrogens is 376 g/mol. The number of hydrazine groups is 1. The average molecular weight is 398 g/mol.